The number of hydrogen-bond acceptors (Lipinski definition) is 6. The summed E-state index contributed by atoms with van der Waals surface area (Å²) in [7, 11) is 0. The summed E-state index contributed by atoms with van der Waals surface area (Å²) in [6, 6.07) is 3.21. The van der Waals surface area contributed by atoms with Crippen molar-refractivity contribution in [1.82, 2.24) is 20.2 Å². The smallest absolute Gasteiger partial charge is 0.318 e. The molecule has 4 rings (SSSR count). The summed E-state index contributed by atoms with van der Waals surface area (Å²) in [6.07, 6.45) is 3.45. The fraction of sp³-hybridized carbons (Fsp3) is 0.450. The van der Waals surface area contributed by atoms with Crippen molar-refractivity contribution in [2.24, 2.45) is 0 Å². The van der Waals surface area contributed by atoms with E-state index in [1.807, 2.05) is 0 Å². The van der Waals surface area contributed by atoms with Crippen molar-refractivity contribution < 1.29 is 19.4 Å². The highest BCUT2D eigenvalue weighted by molar-refractivity contribution is 6.30. The van der Waals surface area contributed by atoms with Gasteiger partial charge < -0.3 is 25.7 Å². The van der Waals surface area contributed by atoms with Crippen molar-refractivity contribution >= 4 is 23.6 Å². The zero-order valence-electron chi connectivity index (χ0n) is 16.2. The van der Waals surface area contributed by atoms with Crippen molar-refractivity contribution in [3.05, 3.63) is 52.1 Å². The van der Waals surface area contributed by atoms with Gasteiger partial charge in [-0.05, 0) is 42.5 Å². The predicted octanol–water partition coefficient (Wildman–Crippen LogP) is 2.01. The topological polar surface area (TPSA) is 111 Å². The van der Waals surface area contributed by atoms with Crippen LogP contribution in [0, 0.1) is 5.82 Å². The number of benzene rings is 1. The number of anilines is 1. The van der Waals surface area contributed by atoms with Crippen LogP contribution in [0.3, 0.4) is 0 Å². The highest BCUT2D eigenvalue weighted by Gasteiger charge is 2.29. The Morgan fingerprint density at radius 1 is 1.40 bits per heavy atom. The molecule has 1 aromatic heterocycles. The molecule has 2 amide bonds. The van der Waals surface area contributed by atoms with E-state index < -0.39 is 11.9 Å². The first kappa shape index (κ1) is 20.8. The number of nitrogens with one attached hydrogen (secondary N) is 2. The first-order valence-electron chi connectivity index (χ1n) is 9.83. The van der Waals surface area contributed by atoms with Crippen LogP contribution in [0.25, 0.3) is 0 Å². The second kappa shape index (κ2) is 8.71. The SMILES string of the molecule is O=C(N[C@H](CO)c1ccc(Cl)c(F)c1)N1CCc2cnc(NC3CC(O)C3)nc2C1. The van der Waals surface area contributed by atoms with Crippen molar-refractivity contribution in [2.45, 2.75) is 44.0 Å². The third-order valence-electron chi connectivity index (χ3n) is 5.51. The lowest BCUT2D eigenvalue weighted by molar-refractivity contribution is 0.0834. The highest BCUT2D eigenvalue weighted by Crippen LogP contribution is 2.25. The normalized spacial score (nSPS) is 21.4. The summed E-state index contributed by atoms with van der Waals surface area (Å²) < 4.78 is 13.7. The van der Waals surface area contributed by atoms with Crippen molar-refractivity contribution in [3.63, 3.8) is 0 Å². The van der Waals surface area contributed by atoms with E-state index >= 15 is 0 Å². The molecule has 0 unspecified atom stereocenters. The maximum absolute atomic E-state index is 13.7. The summed E-state index contributed by atoms with van der Waals surface area (Å²) in [5.41, 5.74) is 2.17. The van der Waals surface area contributed by atoms with Gasteiger partial charge in [0, 0.05) is 18.8 Å². The van der Waals surface area contributed by atoms with Crippen molar-refractivity contribution in [2.75, 3.05) is 18.5 Å². The molecular formula is C20H23ClFN5O3. The summed E-state index contributed by atoms with van der Waals surface area (Å²) in [4.78, 5) is 23.2. The molecule has 2 aliphatic rings. The number of amides is 2. The van der Waals surface area contributed by atoms with Gasteiger partial charge in [-0.25, -0.2) is 19.2 Å². The van der Waals surface area contributed by atoms with Crippen LogP contribution >= 0.6 is 11.6 Å². The quantitative estimate of drug-likeness (QED) is 0.571. The zero-order chi connectivity index (χ0) is 21.3. The van der Waals surface area contributed by atoms with Crippen LogP contribution in [-0.4, -0.2) is 56.4 Å². The molecule has 0 bridgehead atoms. The Kier molecular flexibility index (Phi) is 6.03. The lowest BCUT2D eigenvalue weighted by Gasteiger charge is -2.33. The highest BCUT2D eigenvalue weighted by atomic mass is 35.5. The molecule has 8 nitrogen and oxygen atoms in total. The van der Waals surface area contributed by atoms with Gasteiger partial charge in [-0.1, -0.05) is 17.7 Å². The number of hydrogen-bond donors (Lipinski definition) is 4. The molecule has 1 aliphatic carbocycles. The van der Waals surface area contributed by atoms with E-state index in [1.165, 1.54) is 12.1 Å². The summed E-state index contributed by atoms with van der Waals surface area (Å²) in [6.45, 7) is 0.413. The van der Waals surface area contributed by atoms with Crippen molar-refractivity contribution in [1.29, 1.82) is 0 Å². The van der Waals surface area contributed by atoms with E-state index in [0.717, 1.165) is 11.3 Å². The minimum absolute atomic E-state index is 0.0186. The Morgan fingerprint density at radius 3 is 2.90 bits per heavy atom. The average Bonchev–Trinajstić information content (AvgIpc) is 2.72. The van der Waals surface area contributed by atoms with Gasteiger partial charge in [-0.2, -0.15) is 0 Å². The van der Waals surface area contributed by atoms with Gasteiger partial charge in [0.15, 0.2) is 0 Å². The Morgan fingerprint density at radius 2 is 2.20 bits per heavy atom. The largest absolute Gasteiger partial charge is 0.394 e. The minimum Gasteiger partial charge on any atom is -0.394 e. The van der Waals surface area contributed by atoms with Crippen LogP contribution in [0.4, 0.5) is 15.1 Å². The molecule has 0 saturated heterocycles. The van der Waals surface area contributed by atoms with Gasteiger partial charge in [0.2, 0.25) is 5.95 Å². The Balaban J connectivity index is 1.41. The van der Waals surface area contributed by atoms with Crippen LogP contribution in [-0.2, 0) is 13.0 Å². The molecule has 1 atom stereocenters. The molecule has 1 fully saturated rings. The second-order valence-corrected chi connectivity index (χ2v) is 8.07. The van der Waals surface area contributed by atoms with Crippen LogP contribution in [0.15, 0.2) is 24.4 Å². The van der Waals surface area contributed by atoms with Gasteiger partial charge in [0.1, 0.15) is 5.82 Å². The number of aliphatic hydroxyl groups excluding tert-OH is 2. The first-order chi connectivity index (χ1) is 14.4. The van der Waals surface area contributed by atoms with E-state index in [-0.39, 0.29) is 29.8 Å². The van der Waals surface area contributed by atoms with E-state index in [2.05, 4.69) is 20.6 Å². The van der Waals surface area contributed by atoms with Crippen LogP contribution in [0.5, 0.6) is 0 Å². The molecule has 0 radical (unpaired) electrons. The lowest BCUT2D eigenvalue weighted by Crippen LogP contribution is -2.45. The average molecular weight is 436 g/mol. The Labute approximate surface area is 178 Å². The Hall–Kier alpha value is -2.49. The van der Waals surface area contributed by atoms with E-state index in [4.69, 9.17) is 11.6 Å². The maximum atomic E-state index is 13.7. The number of fused-ring (bicyclic) bond motifs is 1. The van der Waals surface area contributed by atoms with Gasteiger partial charge in [-0.3, -0.25) is 0 Å². The molecule has 0 spiro atoms. The number of carbonyl (C=O) groups is 1. The summed E-state index contributed by atoms with van der Waals surface area (Å²) in [5.74, 6) is -0.123. The number of carbonyl (C=O) groups excluding carboxylic acids is 1. The molecule has 1 aliphatic heterocycles. The fourth-order valence-corrected chi connectivity index (χ4v) is 3.76. The fourth-order valence-electron chi connectivity index (χ4n) is 3.64. The van der Waals surface area contributed by atoms with Crippen molar-refractivity contribution in [3.8, 4) is 0 Å². The molecule has 1 aromatic carbocycles. The number of halogens is 2. The zero-order valence-corrected chi connectivity index (χ0v) is 16.9. The lowest BCUT2D eigenvalue weighted by atomic mass is 9.90. The Bertz CT molecular complexity index is 941. The molecule has 10 heteroatoms. The van der Waals surface area contributed by atoms with Gasteiger partial charge in [0.05, 0.1) is 36.0 Å². The van der Waals surface area contributed by atoms with Crippen LogP contribution in [0.2, 0.25) is 5.02 Å². The summed E-state index contributed by atoms with van der Waals surface area (Å²) >= 11 is 5.71. The molecule has 2 aromatic rings. The number of nitrogens with zero attached hydrogens (tertiary/aromatic N) is 3. The third-order valence-corrected chi connectivity index (χ3v) is 5.81. The summed E-state index contributed by atoms with van der Waals surface area (Å²) in [5, 5.41) is 25.0. The maximum Gasteiger partial charge on any atom is 0.318 e. The molecular weight excluding hydrogens is 413 g/mol. The number of aliphatic hydroxyl groups is 2. The standard InChI is InChI=1S/C20H23ClFN5O3/c21-15-2-1-11(5-16(15)22)18(10-28)26-20(30)27-4-3-12-8-23-19(25-17(12)9-27)24-13-6-14(29)7-13/h1-2,5,8,13-14,18,28-29H,3-4,6-7,9-10H2,(H,26,30)(H,23,24,25)/t13?,14?,18-/m1/s1. The number of urea groups is 1. The molecule has 1 saturated carbocycles. The van der Waals surface area contributed by atoms with E-state index in [0.29, 0.717) is 43.9 Å². The molecule has 160 valence electrons. The predicted molar refractivity (Wildman–Crippen MR) is 109 cm³/mol. The molecule has 4 N–H and O–H groups in total. The van der Waals surface area contributed by atoms with Gasteiger partial charge >= 0.3 is 6.03 Å². The van der Waals surface area contributed by atoms with Gasteiger partial charge in [-0.15, -0.1) is 0 Å². The minimum atomic E-state index is -0.752. The van der Waals surface area contributed by atoms with Crippen LogP contribution in [0.1, 0.15) is 35.7 Å². The first-order valence-corrected chi connectivity index (χ1v) is 10.2. The molecule has 2 heterocycles. The number of aromatic nitrogens is 2. The second-order valence-electron chi connectivity index (χ2n) is 7.66. The van der Waals surface area contributed by atoms with E-state index in [9.17, 15) is 19.4 Å². The van der Waals surface area contributed by atoms with Crippen LogP contribution < -0.4 is 10.6 Å². The molecule has 30 heavy (non-hydrogen) atoms. The monoisotopic (exact) mass is 435 g/mol. The third kappa shape index (κ3) is 4.48. The van der Waals surface area contributed by atoms with E-state index in [1.54, 1.807) is 17.2 Å². The van der Waals surface area contributed by atoms with Gasteiger partial charge in [0.25, 0.3) is 0 Å². The number of rotatable bonds is 5.